The van der Waals surface area contributed by atoms with Crippen molar-refractivity contribution in [1.82, 2.24) is 0 Å². The number of hydrogen-bond donors (Lipinski definition) is 0. The summed E-state index contributed by atoms with van der Waals surface area (Å²) in [6, 6.07) is 69.8. The highest BCUT2D eigenvalue weighted by molar-refractivity contribution is 6.99. The normalized spacial score (nSPS) is 14.9. The van der Waals surface area contributed by atoms with Gasteiger partial charge in [0.15, 0.2) is 0 Å². The Bertz CT molecular complexity index is 4350. The maximum atomic E-state index is 9.83. The number of fused-ring (bicyclic) bond motifs is 10. The van der Waals surface area contributed by atoms with Crippen molar-refractivity contribution in [1.29, 1.82) is 0 Å². The number of ether oxygens (including phenoxy) is 1. The summed E-state index contributed by atoms with van der Waals surface area (Å²) in [4.78, 5) is 2.66. The second-order valence-corrected chi connectivity index (χ2v) is 29.1. The number of benzene rings is 10. The maximum Gasteiger partial charge on any atom is 0.247 e. The first-order chi connectivity index (χ1) is 41.5. The largest absolute Gasteiger partial charge is 0.457 e. The fourth-order valence-corrected chi connectivity index (χ4v) is 13.6. The van der Waals surface area contributed by atoms with Crippen LogP contribution in [0.5, 0.6) is 11.5 Å². The van der Waals surface area contributed by atoms with Crippen LogP contribution in [0.15, 0.2) is 212 Å². The fourth-order valence-electron chi connectivity index (χ4n) is 13.6. The van der Waals surface area contributed by atoms with Crippen LogP contribution >= 0.6 is 0 Å². The summed E-state index contributed by atoms with van der Waals surface area (Å²) < 4.78 is 44.7. The molecule has 0 fully saturated rings. The molecule has 1 spiro atoms. The highest BCUT2D eigenvalue weighted by atomic mass is 16.5. The molecule has 10 aromatic rings. The van der Waals surface area contributed by atoms with E-state index in [2.05, 4.69) is 297 Å². The molecule has 0 aromatic heterocycles. The van der Waals surface area contributed by atoms with Gasteiger partial charge in [0.1, 0.15) is 11.5 Å². The molecular weight excluding hydrogens is 1010 g/mol. The Balaban J connectivity index is 1.27. The molecule has 0 N–H and O–H groups in total. The summed E-state index contributed by atoms with van der Waals surface area (Å²) >= 11 is 0. The Morgan fingerprint density at radius 2 is 0.869 bits per heavy atom. The van der Waals surface area contributed by atoms with Crippen LogP contribution in [0.2, 0.25) is 0 Å². The minimum absolute atomic E-state index is 0.00966. The lowest BCUT2D eigenvalue weighted by Crippen LogP contribution is -2.65. The number of para-hydroxylation sites is 2. The van der Waals surface area contributed by atoms with E-state index in [0.29, 0.717) is 11.1 Å². The highest BCUT2D eigenvalue weighted by Gasteiger charge is 2.55. The molecule has 0 saturated carbocycles. The van der Waals surface area contributed by atoms with E-state index in [1.807, 2.05) is 0 Å². The van der Waals surface area contributed by atoms with Gasteiger partial charge in [0.05, 0.1) is 16.6 Å². The molecule has 13 rings (SSSR count). The Kier molecular flexibility index (Phi) is 11.7. The molecule has 3 aliphatic heterocycles. The van der Waals surface area contributed by atoms with E-state index in [1.165, 1.54) is 38.8 Å². The van der Waals surface area contributed by atoms with Gasteiger partial charge in [0.25, 0.3) is 0 Å². The predicted molar refractivity (Wildman–Crippen MR) is 359 cm³/mol. The van der Waals surface area contributed by atoms with Gasteiger partial charge in [0.2, 0.25) is 6.71 Å². The van der Waals surface area contributed by atoms with Crippen LogP contribution < -0.4 is 26.0 Å². The van der Waals surface area contributed by atoms with E-state index in [1.54, 1.807) is 0 Å². The average Bonchev–Trinajstić information content (AvgIpc) is 0.668. The van der Waals surface area contributed by atoms with Crippen molar-refractivity contribution in [3.05, 3.63) is 262 Å². The quantitative estimate of drug-likeness (QED) is 0.159. The third kappa shape index (κ3) is 8.99. The Morgan fingerprint density at radius 3 is 1.42 bits per heavy atom. The van der Waals surface area contributed by atoms with Crippen LogP contribution in [0.1, 0.15) is 159 Å². The second-order valence-electron chi connectivity index (χ2n) is 29.1. The molecule has 3 aliphatic rings. The Labute approximate surface area is 507 Å². The number of hydrogen-bond acceptors (Lipinski definition) is 2. The zero-order chi connectivity index (χ0) is 62.5. The molecule has 418 valence electrons. The van der Waals surface area contributed by atoms with E-state index >= 15 is 0 Å². The summed E-state index contributed by atoms with van der Waals surface area (Å²) in [5.74, 6) is 1.58. The average molecular weight is 1100 g/mol. The fraction of sp³-hybridized carbons (Fsp3) is 0.259. The SMILES string of the molecule is [2H]c1c([2H])c([2H])c(C(C)(C)C)c(-c2ccc3c(c2)B2c4ccc(-c5cc(C(C)(C)C)cc(C(C)(C)C)c5)cc4N(c4c(-c5ccccc5)cc(C(C)(C)C)cc4-c4ccccc4)c4cc(C(C)(C)C)cc(c42)C32c3ccccc3Oc3ccccc32)c1[2H]. The zero-order valence-corrected chi connectivity index (χ0v) is 51.8. The molecule has 0 bridgehead atoms. The highest BCUT2D eigenvalue weighted by Crippen LogP contribution is 2.59. The van der Waals surface area contributed by atoms with Gasteiger partial charge < -0.3 is 9.64 Å². The lowest BCUT2D eigenvalue weighted by atomic mass is 9.29. The first-order valence-electron chi connectivity index (χ1n) is 32.2. The smallest absolute Gasteiger partial charge is 0.247 e. The Morgan fingerprint density at radius 1 is 0.369 bits per heavy atom. The molecule has 0 amide bonds. The van der Waals surface area contributed by atoms with Crippen molar-refractivity contribution in [3.8, 4) is 56.0 Å². The number of nitrogens with zero attached hydrogens (tertiary/aromatic N) is 1. The monoisotopic (exact) mass is 1100 g/mol. The molecule has 0 radical (unpaired) electrons. The Hall–Kier alpha value is -8.14. The van der Waals surface area contributed by atoms with Crippen molar-refractivity contribution in [2.45, 2.75) is 136 Å². The van der Waals surface area contributed by atoms with E-state index in [4.69, 9.17) is 6.11 Å². The van der Waals surface area contributed by atoms with Crippen molar-refractivity contribution in [3.63, 3.8) is 0 Å². The number of anilines is 3. The molecule has 3 heteroatoms. The summed E-state index contributed by atoms with van der Waals surface area (Å²) in [6.07, 6.45) is 0. The lowest BCUT2D eigenvalue weighted by Gasteiger charge is -2.51. The maximum absolute atomic E-state index is 9.83. The standard InChI is InChI=1S/C81H80BNO/c1-76(2,3)56-42-55(43-57(46-56)77(4,5)6)53-39-41-68-70(45-53)83(75-61(51-28-18-16-19-29-51)47-58(78(7,8)9)48-62(75)52-30-20-17-21-31-52)71-50-59(79(10,11)12)49-67-74(71)82(68)69-44-54(60-32-22-23-33-63(60)80(13,14)15)38-40-64(69)81(67)65-34-24-26-36-72(65)84-73-37-27-25-35-66(73)81/h16-50H,1-15H3/i22D,23D,32D,33D. The van der Waals surface area contributed by atoms with Gasteiger partial charge in [-0.2, -0.15) is 0 Å². The third-order valence-electron chi connectivity index (χ3n) is 18.2. The number of rotatable bonds is 5. The third-order valence-corrected chi connectivity index (χ3v) is 18.2. The van der Waals surface area contributed by atoms with Gasteiger partial charge >= 0.3 is 0 Å². The van der Waals surface area contributed by atoms with Crippen LogP contribution in [0.3, 0.4) is 0 Å². The molecular formula is C81H80BNO. The van der Waals surface area contributed by atoms with Crippen LogP contribution in [0.25, 0.3) is 44.5 Å². The molecule has 0 saturated heterocycles. The predicted octanol–water partition coefficient (Wildman–Crippen LogP) is 19.9. The summed E-state index contributed by atoms with van der Waals surface area (Å²) in [6.45, 7) is 33.6. The van der Waals surface area contributed by atoms with Crippen LogP contribution in [-0.4, -0.2) is 6.71 Å². The first kappa shape index (κ1) is 50.4. The van der Waals surface area contributed by atoms with Crippen LogP contribution in [0.4, 0.5) is 17.1 Å². The second kappa shape index (κ2) is 19.5. The van der Waals surface area contributed by atoms with E-state index < -0.39 is 10.8 Å². The van der Waals surface area contributed by atoms with Gasteiger partial charge in [-0.1, -0.05) is 285 Å². The minimum atomic E-state index is -0.940. The van der Waals surface area contributed by atoms with Gasteiger partial charge in [-0.15, -0.1) is 0 Å². The lowest BCUT2D eigenvalue weighted by molar-refractivity contribution is 0.435. The van der Waals surface area contributed by atoms with Crippen molar-refractivity contribution >= 4 is 40.2 Å². The van der Waals surface area contributed by atoms with Gasteiger partial charge in [-0.25, -0.2) is 0 Å². The molecule has 0 atom stereocenters. The molecule has 0 unspecified atom stereocenters. The molecule has 10 aromatic carbocycles. The molecule has 84 heavy (non-hydrogen) atoms. The summed E-state index contributed by atoms with van der Waals surface area (Å²) in [5, 5.41) is 0. The first-order valence-corrected chi connectivity index (χ1v) is 30.2. The zero-order valence-electron chi connectivity index (χ0n) is 55.8. The van der Waals surface area contributed by atoms with Gasteiger partial charge in [-0.3, -0.25) is 0 Å². The van der Waals surface area contributed by atoms with Gasteiger partial charge in [-0.05, 0) is 147 Å². The molecule has 3 heterocycles. The molecule has 2 nitrogen and oxygen atoms in total. The topological polar surface area (TPSA) is 12.5 Å². The summed E-state index contributed by atoms with van der Waals surface area (Å²) in [5.41, 5.74) is 22.3. The van der Waals surface area contributed by atoms with E-state index in [9.17, 15) is 4.11 Å². The minimum Gasteiger partial charge on any atom is -0.457 e. The van der Waals surface area contributed by atoms with Crippen molar-refractivity contribution in [2.24, 2.45) is 0 Å². The van der Waals surface area contributed by atoms with Crippen LogP contribution in [-0.2, 0) is 32.5 Å². The van der Waals surface area contributed by atoms with Crippen molar-refractivity contribution in [2.75, 3.05) is 4.90 Å². The van der Waals surface area contributed by atoms with Crippen LogP contribution in [0, 0.1) is 0 Å². The van der Waals surface area contributed by atoms with Crippen molar-refractivity contribution < 1.29 is 10.2 Å². The van der Waals surface area contributed by atoms with Gasteiger partial charge in [0, 0.05) is 33.6 Å². The van der Waals surface area contributed by atoms with E-state index in [-0.39, 0.29) is 52.5 Å². The van der Waals surface area contributed by atoms with E-state index in [0.717, 1.165) is 89.6 Å². The summed E-state index contributed by atoms with van der Waals surface area (Å²) in [7, 11) is 0. The molecule has 0 aliphatic carbocycles.